The van der Waals surface area contributed by atoms with Gasteiger partial charge >= 0.3 is 0 Å². The minimum absolute atomic E-state index is 0.0111. The summed E-state index contributed by atoms with van der Waals surface area (Å²) in [6, 6.07) is 13.6. The summed E-state index contributed by atoms with van der Waals surface area (Å²) in [6.45, 7) is 4.56. The summed E-state index contributed by atoms with van der Waals surface area (Å²) in [6.07, 6.45) is 1.95. The molecular weight excluding hydrogens is 355 g/mol. The summed E-state index contributed by atoms with van der Waals surface area (Å²) < 4.78 is 0. The topological polar surface area (TPSA) is 32.3 Å². The second kappa shape index (κ2) is 8.22. The molecule has 1 saturated heterocycles. The molecule has 0 aliphatic carbocycles. The maximum absolute atomic E-state index is 12.6. The van der Waals surface area contributed by atoms with Gasteiger partial charge in [-0.1, -0.05) is 41.4 Å². The first-order chi connectivity index (χ1) is 12.0. The van der Waals surface area contributed by atoms with Gasteiger partial charge in [0.1, 0.15) is 0 Å². The summed E-state index contributed by atoms with van der Waals surface area (Å²) >= 11 is 12.1. The zero-order chi connectivity index (χ0) is 17.8. The fourth-order valence-corrected chi connectivity index (χ4v) is 3.60. The van der Waals surface area contributed by atoms with E-state index in [2.05, 4.69) is 10.2 Å². The lowest BCUT2D eigenvalue weighted by atomic mass is 9.96. The van der Waals surface area contributed by atoms with Gasteiger partial charge in [-0.25, -0.2) is 0 Å². The number of carbonyl (C=O) groups is 1. The minimum Gasteiger partial charge on any atom is -0.326 e. The van der Waals surface area contributed by atoms with Crippen molar-refractivity contribution < 1.29 is 4.79 Å². The van der Waals surface area contributed by atoms with E-state index in [0.717, 1.165) is 49.3 Å². The van der Waals surface area contributed by atoms with E-state index in [1.54, 1.807) is 0 Å². The third-order valence-corrected chi connectivity index (χ3v) is 5.29. The molecule has 25 heavy (non-hydrogen) atoms. The fourth-order valence-electron chi connectivity index (χ4n) is 3.28. The minimum atomic E-state index is 0.0111. The fraction of sp³-hybridized carbons (Fsp3) is 0.350. The highest BCUT2D eigenvalue weighted by Gasteiger charge is 2.26. The van der Waals surface area contributed by atoms with E-state index < -0.39 is 0 Å². The average molecular weight is 377 g/mol. The molecule has 5 heteroatoms. The van der Waals surface area contributed by atoms with Gasteiger partial charge in [0.15, 0.2) is 0 Å². The van der Waals surface area contributed by atoms with Gasteiger partial charge in [0.25, 0.3) is 0 Å². The van der Waals surface area contributed by atoms with Gasteiger partial charge in [-0.3, -0.25) is 9.69 Å². The molecule has 1 amide bonds. The molecule has 1 unspecified atom stereocenters. The highest BCUT2D eigenvalue weighted by Crippen LogP contribution is 2.25. The van der Waals surface area contributed by atoms with Crippen molar-refractivity contribution in [2.75, 3.05) is 18.4 Å². The Morgan fingerprint density at radius 3 is 2.80 bits per heavy atom. The molecule has 0 saturated carbocycles. The molecule has 1 aliphatic rings. The molecule has 2 aromatic rings. The summed E-state index contributed by atoms with van der Waals surface area (Å²) in [7, 11) is 0. The van der Waals surface area contributed by atoms with Gasteiger partial charge < -0.3 is 5.32 Å². The predicted octanol–water partition coefficient (Wildman–Crippen LogP) is 5.15. The third-order valence-electron chi connectivity index (χ3n) is 4.55. The molecule has 1 aliphatic heterocycles. The molecule has 1 atom stereocenters. The lowest BCUT2D eigenvalue weighted by Crippen LogP contribution is -2.40. The number of piperidine rings is 1. The van der Waals surface area contributed by atoms with E-state index in [4.69, 9.17) is 23.2 Å². The zero-order valence-electron chi connectivity index (χ0n) is 14.3. The van der Waals surface area contributed by atoms with Crippen LogP contribution in [0.4, 0.5) is 5.69 Å². The van der Waals surface area contributed by atoms with Crippen molar-refractivity contribution in [1.82, 2.24) is 4.90 Å². The number of halogens is 2. The molecule has 132 valence electrons. The third kappa shape index (κ3) is 4.97. The number of nitrogens with zero attached hydrogens (tertiary/aromatic N) is 1. The quantitative estimate of drug-likeness (QED) is 0.799. The lowest BCUT2D eigenvalue weighted by molar-refractivity contribution is -0.121. The number of amides is 1. The van der Waals surface area contributed by atoms with Crippen LogP contribution in [0.25, 0.3) is 0 Å². The molecule has 0 bridgehead atoms. The normalized spacial score (nSPS) is 18.1. The van der Waals surface area contributed by atoms with Crippen LogP contribution in [0.15, 0.2) is 42.5 Å². The standard InChI is InChI=1S/C20H22Cl2N2O/c1-14-4-2-6-17(10-14)23-20(25)16-5-3-9-24(13-16)12-15-7-8-18(21)19(22)11-15/h2,4,6-8,10-11,16H,3,5,9,12-13H2,1H3,(H,23,25). The predicted molar refractivity (Wildman–Crippen MR) is 104 cm³/mol. The smallest absolute Gasteiger partial charge is 0.228 e. The van der Waals surface area contributed by atoms with Crippen LogP contribution in [0.2, 0.25) is 10.0 Å². The molecule has 0 radical (unpaired) electrons. The SMILES string of the molecule is Cc1cccc(NC(=O)C2CCCN(Cc3ccc(Cl)c(Cl)c3)C2)c1. The number of hydrogen-bond acceptors (Lipinski definition) is 2. The Bertz CT molecular complexity index is 763. The summed E-state index contributed by atoms with van der Waals surface area (Å²) in [4.78, 5) is 14.9. The number of hydrogen-bond donors (Lipinski definition) is 1. The molecule has 1 heterocycles. The molecular formula is C20H22Cl2N2O. The van der Waals surface area contributed by atoms with Gasteiger partial charge in [-0.15, -0.1) is 0 Å². The molecule has 3 nitrogen and oxygen atoms in total. The van der Waals surface area contributed by atoms with Crippen LogP contribution in [0.1, 0.15) is 24.0 Å². The van der Waals surface area contributed by atoms with E-state index >= 15 is 0 Å². The first-order valence-electron chi connectivity index (χ1n) is 8.55. The van der Waals surface area contributed by atoms with E-state index in [9.17, 15) is 4.79 Å². The Morgan fingerprint density at radius 2 is 2.04 bits per heavy atom. The van der Waals surface area contributed by atoms with Crippen molar-refractivity contribution >= 4 is 34.8 Å². The van der Waals surface area contributed by atoms with Gasteiger partial charge in [0.05, 0.1) is 16.0 Å². The van der Waals surface area contributed by atoms with Crippen molar-refractivity contribution in [1.29, 1.82) is 0 Å². The second-order valence-corrected chi connectivity index (χ2v) is 7.50. The highest BCUT2D eigenvalue weighted by molar-refractivity contribution is 6.42. The number of rotatable bonds is 4. The number of carbonyl (C=O) groups excluding carboxylic acids is 1. The van der Waals surface area contributed by atoms with Crippen LogP contribution < -0.4 is 5.32 Å². The number of benzene rings is 2. The molecule has 1 N–H and O–H groups in total. The maximum atomic E-state index is 12.6. The molecule has 3 rings (SSSR count). The van der Waals surface area contributed by atoms with Crippen molar-refractivity contribution in [2.24, 2.45) is 5.92 Å². The highest BCUT2D eigenvalue weighted by atomic mass is 35.5. The van der Waals surface area contributed by atoms with Crippen molar-refractivity contribution in [3.05, 3.63) is 63.6 Å². The van der Waals surface area contributed by atoms with Crippen LogP contribution in [-0.4, -0.2) is 23.9 Å². The second-order valence-electron chi connectivity index (χ2n) is 6.68. The van der Waals surface area contributed by atoms with Gasteiger partial charge in [0.2, 0.25) is 5.91 Å². The van der Waals surface area contributed by atoms with Crippen molar-refractivity contribution in [3.8, 4) is 0 Å². The Balaban J connectivity index is 1.60. The summed E-state index contributed by atoms with van der Waals surface area (Å²) in [5.74, 6) is 0.112. The van der Waals surface area contributed by atoms with E-state index in [0.29, 0.717) is 10.0 Å². The lowest BCUT2D eigenvalue weighted by Gasteiger charge is -2.32. The number of likely N-dealkylation sites (tertiary alicyclic amines) is 1. The van der Waals surface area contributed by atoms with Gasteiger partial charge in [-0.2, -0.15) is 0 Å². The van der Waals surface area contributed by atoms with E-state index in [1.807, 2.05) is 49.4 Å². The number of aryl methyl sites for hydroxylation is 1. The first-order valence-corrected chi connectivity index (χ1v) is 9.30. The first kappa shape index (κ1) is 18.2. The van der Waals surface area contributed by atoms with Crippen LogP contribution in [0.3, 0.4) is 0 Å². The molecule has 0 aromatic heterocycles. The van der Waals surface area contributed by atoms with E-state index in [1.165, 1.54) is 0 Å². The van der Waals surface area contributed by atoms with Crippen LogP contribution in [0.5, 0.6) is 0 Å². The summed E-state index contributed by atoms with van der Waals surface area (Å²) in [5, 5.41) is 4.19. The van der Waals surface area contributed by atoms with Gasteiger partial charge in [-0.05, 0) is 61.7 Å². The van der Waals surface area contributed by atoms with Crippen LogP contribution in [0, 0.1) is 12.8 Å². The maximum Gasteiger partial charge on any atom is 0.228 e. The Hall–Kier alpha value is -1.55. The molecule has 0 spiro atoms. The van der Waals surface area contributed by atoms with Crippen LogP contribution in [-0.2, 0) is 11.3 Å². The molecule has 1 fully saturated rings. The Labute approximate surface area is 158 Å². The monoisotopic (exact) mass is 376 g/mol. The van der Waals surface area contributed by atoms with E-state index in [-0.39, 0.29) is 11.8 Å². The van der Waals surface area contributed by atoms with Crippen LogP contribution >= 0.6 is 23.2 Å². The summed E-state index contributed by atoms with van der Waals surface area (Å²) in [5.41, 5.74) is 3.13. The Morgan fingerprint density at radius 1 is 1.20 bits per heavy atom. The average Bonchev–Trinajstić information content (AvgIpc) is 2.58. The number of anilines is 1. The molecule has 2 aromatic carbocycles. The van der Waals surface area contributed by atoms with Crippen molar-refractivity contribution in [2.45, 2.75) is 26.3 Å². The van der Waals surface area contributed by atoms with Crippen molar-refractivity contribution in [3.63, 3.8) is 0 Å². The zero-order valence-corrected chi connectivity index (χ0v) is 15.8. The largest absolute Gasteiger partial charge is 0.326 e. The Kier molecular flexibility index (Phi) is 6.00. The van der Waals surface area contributed by atoms with Gasteiger partial charge in [0, 0.05) is 18.8 Å². The number of nitrogens with one attached hydrogen (secondary N) is 1.